The highest BCUT2D eigenvalue weighted by Gasteiger charge is 2.15. The average molecular weight is 270 g/mol. The predicted octanol–water partition coefficient (Wildman–Crippen LogP) is 3.00. The Kier molecular flexibility index (Phi) is 4.13. The highest BCUT2D eigenvalue weighted by molar-refractivity contribution is 6.12. The SMILES string of the molecule is CC(C)c1ccc(C(=O)CC(=O)c2cn(C)cn2)cc1. The highest BCUT2D eigenvalue weighted by Crippen LogP contribution is 2.16. The third kappa shape index (κ3) is 3.20. The molecule has 0 unspecified atom stereocenters. The molecule has 0 aliphatic heterocycles. The quantitative estimate of drug-likeness (QED) is 0.620. The maximum atomic E-state index is 12.1. The molecule has 2 aromatic rings. The molecule has 0 saturated heterocycles. The number of ketones is 2. The standard InChI is InChI=1S/C16H18N2O2/c1-11(2)12-4-6-13(7-5-12)15(19)8-16(20)14-9-18(3)10-17-14/h4-7,9-11H,8H2,1-3H3. The van der Waals surface area contributed by atoms with Crippen LogP contribution in [0, 0.1) is 0 Å². The highest BCUT2D eigenvalue weighted by atomic mass is 16.1. The van der Waals surface area contributed by atoms with Crippen LogP contribution in [0.15, 0.2) is 36.8 Å². The number of aromatic nitrogens is 2. The fraction of sp³-hybridized carbons (Fsp3) is 0.312. The summed E-state index contributed by atoms with van der Waals surface area (Å²) in [7, 11) is 1.79. The Bertz CT molecular complexity index is 624. The van der Waals surface area contributed by atoms with E-state index in [2.05, 4.69) is 18.8 Å². The van der Waals surface area contributed by atoms with E-state index >= 15 is 0 Å². The number of Topliss-reactive ketones (excluding diaryl/α,β-unsaturated/α-hetero) is 2. The molecule has 0 amide bonds. The summed E-state index contributed by atoms with van der Waals surface area (Å²) in [6.45, 7) is 4.20. The number of carbonyl (C=O) groups is 2. The van der Waals surface area contributed by atoms with Crippen molar-refractivity contribution in [1.82, 2.24) is 9.55 Å². The van der Waals surface area contributed by atoms with Gasteiger partial charge >= 0.3 is 0 Å². The first-order chi connectivity index (χ1) is 9.47. The molecule has 4 nitrogen and oxygen atoms in total. The first-order valence-electron chi connectivity index (χ1n) is 6.61. The summed E-state index contributed by atoms with van der Waals surface area (Å²) >= 11 is 0. The van der Waals surface area contributed by atoms with Gasteiger partial charge in [0.2, 0.25) is 0 Å². The third-order valence-corrected chi connectivity index (χ3v) is 3.21. The normalized spacial score (nSPS) is 10.8. The number of rotatable bonds is 5. The van der Waals surface area contributed by atoms with E-state index in [1.54, 1.807) is 36.3 Å². The monoisotopic (exact) mass is 270 g/mol. The lowest BCUT2D eigenvalue weighted by molar-refractivity contribution is 0.0891. The zero-order valence-electron chi connectivity index (χ0n) is 12.0. The Labute approximate surface area is 118 Å². The van der Waals surface area contributed by atoms with Crippen LogP contribution in [-0.4, -0.2) is 21.1 Å². The summed E-state index contributed by atoms with van der Waals surface area (Å²) in [5.74, 6) is 0.00815. The second-order valence-corrected chi connectivity index (χ2v) is 5.22. The van der Waals surface area contributed by atoms with E-state index in [1.807, 2.05) is 12.1 Å². The summed E-state index contributed by atoms with van der Waals surface area (Å²) < 4.78 is 1.69. The van der Waals surface area contributed by atoms with Gasteiger partial charge in [-0.05, 0) is 11.5 Å². The van der Waals surface area contributed by atoms with Crippen molar-refractivity contribution in [1.29, 1.82) is 0 Å². The van der Waals surface area contributed by atoms with Crippen molar-refractivity contribution in [3.63, 3.8) is 0 Å². The number of hydrogen-bond donors (Lipinski definition) is 0. The third-order valence-electron chi connectivity index (χ3n) is 3.21. The number of carbonyl (C=O) groups excluding carboxylic acids is 2. The molecule has 0 aliphatic carbocycles. The number of benzene rings is 1. The molecule has 0 fully saturated rings. The number of imidazole rings is 1. The molecule has 1 aromatic carbocycles. The van der Waals surface area contributed by atoms with Gasteiger partial charge in [0.25, 0.3) is 0 Å². The average Bonchev–Trinajstić information content (AvgIpc) is 2.85. The molecular formula is C16H18N2O2. The van der Waals surface area contributed by atoms with Crippen LogP contribution in [0.25, 0.3) is 0 Å². The molecule has 0 atom stereocenters. The van der Waals surface area contributed by atoms with E-state index in [1.165, 1.54) is 5.56 Å². The first kappa shape index (κ1) is 14.2. The van der Waals surface area contributed by atoms with Crippen LogP contribution in [0.4, 0.5) is 0 Å². The lowest BCUT2D eigenvalue weighted by atomic mass is 9.99. The van der Waals surface area contributed by atoms with E-state index in [9.17, 15) is 9.59 Å². The Hall–Kier alpha value is -2.23. The molecule has 0 N–H and O–H groups in total. The first-order valence-corrected chi connectivity index (χ1v) is 6.61. The van der Waals surface area contributed by atoms with Crippen molar-refractivity contribution in [2.45, 2.75) is 26.2 Å². The van der Waals surface area contributed by atoms with Gasteiger partial charge in [0.15, 0.2) is 11.6 Å². The smallest absolute Gasteiger partial charge is 0.190 e. The van der Waals surface area contributed by atoms with Crippen LogP contribution in [0.2, 0.25) is 0 Å². The summed E-state index contributed by atoms with van der Waals surface area (Å²) in [6, 6.07) is 7.43. The van der Waals surface area contributed by atoms with Crippen molar-refractivity contribution in [3.05, 3.63) is 53.6 Å². The predicted molar refractivity (Wildman–Crippen MR) is 77.0 cm³/mol. The summed E-state index contributed by atoms with van der Waals surface area (Å²) in [6.07, 6.45) is 3.03. The molecular weight excluding hydrogens is 252 g/mol. The van der Waals surface area contributed by atoms with Gasteiger partial charge in [0.1, 0.15) is 5.69 Å². The molecule has 1 aromatic heterocycles. The van der Waals surface area contributed by atoms with Crippen LogP contribution >= 0.6 is 0 Å². The maximum absolute atomic E-state index is 12.1. The molecule has 4 heteroatoms. The number of aryl methyl sites for hydroxylation is 1. The minimum atomic E-state index is -0.247. The molecule has 0 aliphatic rings. The fourth-order valence-electron chi connectivity index (χ4n) is 1.95. The lowest BCUT2D eigenvalue weighted by Crippen LogP contribution is -2.09. The minimum absolute atomic E-state index is 0.141. The van der Waals surface area contributed by atoms with Crippen LogP contribution < -0.4 is 0 Å². The second-order valence-electron chi connectivity index (χ2n) is 5.22. The van der Waals surface area contributed by atoms with E-state index in [0.29, 0.717) is 17.2 Å². The van der Waals surface area contributed by atoms with E-state index < -0.39 is 0 Å². The van der Waals surface area contributed by atoms with Gasteiger partial charge in [0, 0.05) is 18.8 Å². The Morgan fingerprint density at radius 2 is 1.80 bits per heavy atom. The Balaban J connectivity index is 2.06. The van der Waals surface area contributed by atoms with Crippen molar-refractivity contribution < 1.29 is 9.59 Å². The van der Waals surface area contributed by atoms with Gasteiger partial charge in [0.05, 0.1) is 12.7 Å². The van der Waals surface area contributed by atoms with E-state index in [0.717, 1.165) is 0 Å². The second kappa shape index (κ2) is 5.82. The Morgan fingerprint density at radius 3 is 2.30 bits per heavy atom. The van der Waals surface area contributed by atoms with Gasteiger partial charge in [-0.1, -0.05) is 38.1 Å². The van der Waals surface area contributed by atoms with Gasteiger partial charge in [-0.2, -0.15) is 0 Å². The fourth-order valence-corrected chi connectivity index (χ4v) is 1.95. The number of nitrogens with zero attached hydrogens (tertiary/aromatic N) is 2. The largest absolute Gasteiger partial charge is 0.340 e. The van der Waals surface area contributed by atoms with E-state index in [4.69, 9.17) is 0 Å². The topological polar surface area (TPSA) is 52.0 Å². The van der Waals surface area contributed by atoms with Gasteiger partial charge < -0.3 is 4.57 Å². The molecule has 2 rings (SSSR count). The maximum Gasteiger partial charge on any atom is 0.190 e. The molecule has 0 saturated carbocycles. The summed E-state index contributed by atoms with van der Waals surface area (Å²) in [5, 5.41) is 0. The van der Waals surface area contributed by atoms with Crippen LogP contribution in [0.5, 0.6) is 0 Å². The lowest BCUT2D eigenvalue weighted by Gasteiger charge is -2.06. The molecule has 104 valence electrons. The van der Waals surface area contributed by atoms with E-state index in [-0.39, 0.29) is 18.0 Å². The van der Waals surface area contributed by atoms with Crippen LogP contribution in [0.1, 0.15) is 52.6 Å². The summed E-state index contributed by atoms with van der Waals surface area (Å²) in [5.41, 5.74) is 2.08. The Morgan fingerprint density at radius 1 is 1.15 bits per heavy atom. The number of hydrogen-bond acceptors (Lipinski definition) is 3. The van der Waals surface area contributed by atoms with Crippen molar-refractivity contribution in [3.8, 4) is 0 Å². The van der Waals surface area contributed by atoms with Gasteiger partial charge in [-0.3, -0.25) is 9.59 Å². The molecule has 0 radical (unpaired) electrons. The molecule has 0 spiro atoms. The van der Waals surface area contributed by atoms with Crippen LogP contribution in [0.3, 0.4) is 0 Å². The molecule has 0 bridgehead atoms. The van der Waals surface area contributed by atoms with Gasteiger partial charge in [-0.25, -0.2) is 4.98 Å². The molecule has 20 heavy (non-hydrogen) atoms. The van der Waals surface area contributed by atoms with Crippen LogP contribution in [-0.2, 0) is 7.05 Å². The zero-order valence-corrected chi connectivity index (χ0v) is 12.0. The summed E-state index contributed by atoms with van der Waals surface area (Å²) in [4.78, 5) is 27.9. The van der Waals surface area contributed by atoms with Crippen molar-refractivity contribution in [2.75, 3.05) is 0 Å². The minimum Gasteiger partial charge on any atom is -0.340 e. The van der Waals surface area contributed by atoms with Gasteiger partial charge in [-0.15, -0.1) is 0 Å². The van der Waals surface area contributed by atoms with Crippen molar-refractivity contribution in [2.24, 2.45) is 7.05 Å². The van der Waals surface area contributed by atoms with Crippen molar-refractivity contribution >= 4 is 11.6 Å². The zero-order chi connectivity index (χ0) is 14.7. The molecule has 1 heterocycles.